The number of hydrogen-bond acceptors (Lipinski definition) is 3. The number of benzene rings is 2. The summed E-state index contributed by atoms with van der Waals surface area (Å²) in [5.41, 5.74) is 2.30. The van der Waals surface area contributed by atoms with E-state index in [1.54, 1.807) is 0 Å². The molecular formula is C16H11ClN2O. The maximum Gasteiger partial charge on any atom is 0.239 e. The zero-order valence-electron chi connectivity index (χ0n) is 10.5. The molecule has 0 saturated heterocycles. The first-order valence-corrected chi connectivity index (χ1v) is 6.50. The Morgan fingerprint density at radius 3 is 2.20 bits per heavy atom. The van der Waals surface area contributed by atoms with E-state index in [2.05, 4.69) is 22.1 Å². The predicted molar refractivity (Wildman–Crippen MR) is 79.0 cm³/mol. The average molecular weight is 283 g/mol. The van der Waals surface area contributed by atoms with Crippen LogP contribution in [-0.2, 0) is 0 Å². The van der Waals surface area contributed by atoms with Crippen molar-refractivity contribution in [2.45, 2.75) is 0 Å². The Morgan fingerprint density at radius 1 is 0.800 bits per heavy atom. The first-order valence-electron chi connectivity index (χ1n) is 6.12. The Hall–Kier alpha value is -2.39. The number of aromatic nitrogens is 2. The highest BCUT2D eigenvalue weighted by Crippen LogP contribution is 2.24. The molecule has 3 nitrogen and oxygen atoms in total. The van der Waals surface area contributed by atoms with E-state index in [-0.39, 0.29) is 0 Å². The van der Waals surface area contributed by atoms with Gasteiger partial charge in [0.25, 0.3) is 0 Å². The molecule has 1 aromatic heterocycles. The number of rotatable bonds is 3. The van der Waals surface area contributed by atoms with Gasteiger partial charge in [0.1, 0.15) is 5.75 Å². The fourth-order valence-corrected chi connectivity index (χ4v) is 1.98. The molecule has 1 heterocycles. The van der Waals surface area contributed by atoms with E-state index >= 15 is 0 Å². The second-order valence-corrected chi connectivity index (χ2v) is 4.56. The van der Waals surface area contributed by atoms with Gasteiger partial charge in [0, 0.05) is 0 Å². The van der Waals surface area contributed by atoms with Crippen LogP contribution < -0.4 is 4.74 Å². The van der Waals surface area contributed by atoms with E-state index in [1.807, 2.05) is 42.5 Å². The van der Waals surface area contributed by atoms with Crippen LogP contribution in [0.25, 0.3) is 11.1 Å². The molecule has 0 saturated carbocycles. The minimum atomic E-state index is 0.309. The lowest BCUT2D eigenvalue weighted by Crippen LogP contribution is -1.89. The molecule has 0 aliphatic rings. The summed E-state index contributed by atoms with van der Waals surface area (Å²) in [7, 11) is 0. The first-order chi connectivity index (χ1) is 9.81. The van der Waals surface area contributed by atoms with Crippen molar-refractivity contribution in [2.75, 3.05) is 0 Å². The molecule has 4 heteroatoms. The SMILES string of the molecule is Clc1cncc(Oc2ccc(-c3ccccc3)cc2)n1. The van der Waals surface area contributed by atoms with E-state index in [4.69, 9.17) is 16.3 Å². The molecule has 0 bridgehead atoms. The van der Waals surface area contributed by atoms with E-state index in [0.717, 1.165) is 5.56 Å². The molecule has 0 fully saturated rings. The maximum atomic E-state index is 5.76. The zero-order valence-corrected chi connectivity index (χ0v) is 11.3. The van der Waals surface area contributed by atoms with Crippen molar-refractivity contribution in [3.05, 3.63) is 72.1 Å². The third kappa shape index (κ3) is 2.95. The fourth-order valence-electron chi connectivity index (χ4n) is 1.84. The monoisotopic (exact) mass is 282 g/mol. The lowest BCUT2D eigenvalue weighted by molar-refractivity contribution is 0.460. The van der Waals surface area contributed by atoms with Gasteiger partial charge in [-0.25, -0.2) is 0 Å². The Morgan fingerprint density at radius 2 is 1.50 bits per heavy atom. The van der Waals surface area contributed by atoms with Crippen LogP contribution in [0, 0.1) is 0 Å². The summed E-state index contributed by atoms with van der Waals surface area (Å²) < 4.78 is 5.59. The van der Waals surface area contributed by atoms with Crippen molar-refractivity contribution in [1.29, 1.82) is 0 Å². The van der Waals surface area contributed by atoms with Crippen molar-refractivity contribution in [3.8, 4) is 22.8 Å². The van der Waals surface area contributed by atoms with Gasteiger partial charge in [0.05, 0.1) is 12.4 Å². The van der Waals surface area contributed by atoms with E-state index < -0.39 is 0 Å². The van der Waals surface area contributed by atoms with Crippen LogP contribution in [0.2, 0.25) is 5.15 Å². The largest absolute Gasteiger partial charge is 0.437 e. The fraction of sp³-hybridized carbons (Fsp3) is 0. The summed E-state index contributed by atoms with van der Waals surface area (Å²) in [5.74, 6) is 1.08. The lowest BCUT2D eigenvalue weighted by Gasteiger charge is -2.06. The normalized spacial score (nSPS) is 10.2. The summed E-state index contributed by atoms with van der Waals surface area (Å²) in [6.07, 6.45) is 2.99. The van der Waals surface area contributed by atoms with Crippen molar-refractivity contribution in [3.63, 3.8) is 0 Å². The Kier molecular flexibility index (Phi) is 3.61. The summed E-state index contributed by atoms with van der Waals surface area (Å²) >= 11 is 5.76. The molecule has 0 aliphatic heterocycles. The number of ether oxygens (including phenoxy) is 1. The highest BCUT2D eigenvalue weighted by atomic mass is 35.5. The lowest BCUT2D eigenvalue weighted by atomic mass is 10.1. The van der Waals surface area contributed by atoms with Crippen LogP contribution in [0.4, 0.5) is 0 Å². The molecule has 0 amide bonds. The average Bonchev–Trinajstić information content (AvgIpc) is 2.49. The number of nitrogens with zero attached hydrogens (tertiary/aromatic N) is 2. The summed E-state index contributed by atoms with van der Waals surface area (Å²) in [6.45, 7) is 0. The molecule has 3 rings (SSSR count). The van der Waals surface area contributed by atoms with Gasteiger partial charge < -0.3 is 4.74 Å². The van der Waals surface area contributed by atoms with Crippen LogP contribution in [0.5, 0.6) is 11.6 Å². The van der Waals surface area contributed by atoms with Gasteiger partial charge >= 0.3 is 0 Å². The standard InChI is InChI=1S/C16H11ClN2O/c17-15-10-18-11-16(19-15)20-14-8-6-13(7-9-14)12-4-2-1-3-5-12/h1-11H. The summed E-state index contributed by atoms with van der Waals surface area (Å²) in [6, 6.07) is 18.0. The predicted octanol–water partition coefficient (Wildman–Crippen LogP) is 4.59. The second-order valence-electron chi connectivity index (χ2n) is 4.17. The summed E-state index contributed by atoms with van der Waals surface area (Å²) in [5, 5.41) is 0.309. The van der Waals surface area contributed by atoms with Crippen molar-refractivity contribution < 1.29 is 4.74 Å². The molecule has 0 unspecified atom stereocenters. The molecule has 2 aromatic carbocycles. The molecule has 3 aromatic rings. The van der Waals surface area contributed by atoms with Crippen LogP contribution in [0.1, 0.15) is 0 Å². The van der Waals surface area contributed by atoms with Crippen molar-refractivity contribution in [1.82, 2.24) is 9.97 Å². The van der Waals surface area contributed by atoms with Crippen LogP contribution in [-0.4, -0.2) is 9.97 Å². The molecular weight excluding hydrogens is 272 g/mol. The minimum Gasteiger partial charge on any atom is -0.437 e. The highest BCUT2D eigenvalue weighted by Gasteiger charge is 2.01. The maximum absolute atomic E-state index is 5.76. The van der Waals surface area contributed by atoms with Gasteiger partial charge in [-0.15, -0.1) is 0 Å². The summed E-state index contributed by atoms with van der Waals surface area (Å²) in [4.78, 5) is 7.96. The molecule has 20 heavy (non-hydrogen) atoms. The zero-order chi connectivity index (χ0) is 13.8. The number of halogens is 1. The quantitative estimate of drug-likeness (QED) is 0.705. The minimum absolute atomic E-state index is 0.309. The van der Waals surface area contributed by atoms with Gasteiger partial charge in [-0.1, -0.05) is 54.1 Å². The second kappa shape index (κ2) is 5.72. The Labute approximate surface area is 121 Å². The van der Waals surface area contributed by atoms with Gasteiger partial charge in [-0.3, -0.25) is 4.98 Å². The smallest absolute Gasteiger partial charge is 0.239 e. The van der Waals surface area contributed by atoms with Crippen LogP contribution in [0.15, 0.2) is 67.0 Å². The van der Waals surface area contributed by atoms with Crippen molar-refractivity contribution >= 4 is 11.6 Å². The third-order valence-electron chi connectivity index (χ3n) is 2.77. The third-order valence-corrected chi connectivity index (χ3v) is 2.95. The Balaban J connectivity index is 1.80. The van der Waals surface area contributed by atoms with E-state index in [0.29, 0.717) is 16.8 Å². The van der Waals surface area contributed by atoms with Gasteiger partial charge in [0.15, 0.2) is 5.15 Å². The molecule has 0 radical (unpaired) electrons. The van der Waals surface area contributed by atoms with E-state index in [9.17, 15) is 0 Å². The van der Waals surface area contributed by atoms with Gasteiger partial charge in [-0.05, 0) is 23.3 Å². The van der Waals surface area contributed by atoms with Crippen LogP contribution in [0.3, 0.4) is 0 Å². The molecule has 0 aliphatic carbocycles. The van der Waals surface area contributed by atoms with Crippen molar-refractivity contribution in [2.24, 2.45) is 0 Å². The highest BCUT2D eigenvalue weighted by molar-refractivity contribution is 6.29. The molecule has 0 spiro atoms. The number of hydrogen-bond donors (Lipinski definition) is 0. The van der Waals surface area contributed by atoms with Crippen LogP contribution >= 0.6 is 11.6 Å². The Bertz CT molecular complexity index is 699. The molecule has 0 atom stereocenters. The van der Waals surface area contributed by atoms with Gasteiger partial charge in [0.2, 0.25) is 5.88 Å². The topological polar surface area (TPSA) is 35.0 Å². The van der Waals surface area contributed by atoms with E-state index in [1.165, 1.54) is 18.0 Å². The first kappa shape index (κ1) is 12.6. The molecule has 0 N–H and O–H groups in total. The van der Waals surface area contributed by atoms with Gasteiger partial charge in [-0.2, -0.15) is 4.98 Å². The molecule has 98 valence electrons.